The fraction of sp³-hybridized carbons (Fsp3) is 0.857. The second-order valence-corrected chi connectivity index (χ2v) is 6.66. The molecule has 1 aliphatic heterocycles. The number of nitrogens with one attached hydrogen (secondary N) is 1. The molecule has 0 aromatic carbocycles. The first-order valence-electron chi connectivity index (χ1n) is 6.93. The number of nitrogens with two attached hydrogens (primary N) is 1. The van der Waals surface area contributed by atoms with Crippen molar-refractivity contribution in [3.05, 3.63) is 0 Å². The molecule has 1 heterocycles. The fourth-order valence-corrected chi connectivity index (χ4v) is 1.97. The molecule has 5 heteroatoms. The zero-order chi connectivity index (χ0) is 14.8. The Labute approximate surface area is 115 Å². The predicted molar refractivity (Wildman–Crippen MR) is 75.5 cm³/mol. The number of likely N-dealkylation sites (tertiary alicyclic amines) is 1. The van der Waals surface area contributed by atoms with Gasteiger partial charge >= 0.3 is 0 Å². The average Bonchev–Trinajstić information content (AvgIpc) is 2.62. The van der Waals surface area contributed by atoms with Crippen molar-refractivity contribution >= 4 is 11.8 Å². The van der Waals surface area contributed by atoms with Crippen LogP contribution < -0.4 is 11.1 Å². The molecule has 0 spiro atoms. The third kappa shape index (κ3) is 3.69. The highest BCUT2D eigenvalue weighted by Crippen LogP contribution is 2.28. The van der Waals surface area contributed by atoms with Crippen molar-refractivity contribution in [1.82, 2.24) is 10.2 Å². The minimum Gasteiger partial charge on any atom is -0.351 e. The summed E-state index contributed by atoms with van der Waals surface area (Å²) in [5.74, 6) is 0.110. The van der Waals surface area contributed by atoms with Crippen molar-refractivity contribution in [2.45, 2.75) is 59.0 Å². The van der Waals surface area contributed by atoms with E-state index in [-0.39, 0.29) is 17.9 Å². The summed E-state index contributed by atoms with van der Waals surface area (Å²) in [6.07, 6.45) is 1.54. The number of hydrogen-bond donors (Lipinski definition) is 2. The van der Waals surface area contributed by atoms with E-state index in [0.29, 0.717) is 13.0 Å². The summed E-state index contributed by atoms with van der Waals surface area (Å²) < 4.78 is 0. The lowest BCUT2D eigenvalue weighted by atomic mass is 9.74. The Bertz CT molecular complexity index is 358. The number of amides is 2. The Balaban J connectivity index is 2.55. The van der Waals surface area contributed by atoms with E-state index >= 15 is 0 Å². The third-order valence-corrected chi connectivity index (χ3v) is 4.22. The van der Waals surface area contributed by atoms with Crippen LogP contribution in [0.2, 0.25) is 0 Å². The van der Waals surface area contributed by atoms with Gasteiger partial charge in [0.2, 0.25) is 11.8 Å². The molecule has 0 aliphatic carbocycles. The third-order valence-electron chi connectivity index (χ3n) is 4.22. The van der Waals surface area contributed by atoms with Gasteiger partial charge in [-0.3, -0.25) is 9.59 Å². The molecule has 2 amide bonds. The largest absolute Gasteiger partial charge is 0.351 e. The van der Waals surface area contributed by atoms with Crippen LogP contribution in [0.15, 0.2) is 0 Å². The van der Waals surface area contributed by atoms with Crippen LogP contribution in [0.5, 0.6) is 0 Å². The van der Waals surface area contributed by atoms with Crippen LogP contribution in [0.25, 0.3) is 0 Å². The number of carbonyl (C=O) groups excluding carboxylic acids is 2. The number of carbonyl (C=O) groups is 2. The van der Waals surface area contributed by atoms with Crippen molar-refractivity contribution in [3.8, 4) is 0 Å². The molecule has 3 N–H and O–H groups in total. The highest BCUT2D eigenvalue weighted by Gasteiger charge is 2.40. The Hall–Kier alpha value is -1.10. The molecule has 1 atom stereocenters. The van der Waals surface area contributed by atoms with Crippen LogP contribution in [0.3, 0.4) is 0 Å². The Morgan fingerprint density at radius 3 is 2.42 bits per heavy atom. The van der Waals surface area contributed by atoms with Crippen LogP contribution in [0.4, 0.5) is 0 Å². The minimum atomic E-state index is -0.656. The molecule has 1 unspecified atom stereocenters. The molecule has 0 radical (unpaired) electrons. The molecular formula is C14H27N3O2. The average molecular weight is 269 g/mol. The van der Waals surface area contributed by atoms with Crippen molar-refractivity contribution < 1.29 is 9.59 Å². The van der Waals surface area contributed by atoms with Crippen molar-refractivity contribution in [1.29, 1.82) is 0 Å². The molecular weight excluding hydrogens is 242 g/mol. The molecule has 0 bridgehead atoms. The minimum absolute atomic E-state index is 0.0591. The van der Waals surface area contributed by atoms with Crippen molar-refractivity contribution in [2.75, 3.05) is 13.1 Å². The maximum absolute atomic E-state index is 12.3. The number of rotatable bonds is 5. The van der Waals surface area contributed by atoms with E-state index in [1.165, 1.54) is 0 Å². The quantitative estimate of drug-likeness (QED) is 0.778. The number of nitrogens with zero attached hydrogens (tertiary/aromatic N) is 1. The van der Waals surface area contributed by atoms with Crippen molar-refractivity contribution in [2.24, 2.45) is 11.1 Å². The van der Waals surface area contributed by atoms with E-state index < -0.39 is 11.0 Å². The van der Waals surface area contributed by atoms with Gasteiger partial charge in [0.05, 0.1) is 5.41 Å². The standard InChI is InChI=1S/C14H27N3O2/c1-10(9-17-8-6-7-11(17)18)16-12(19)13(2,3)14(4,5)15/h10H,6-9,15H2,1-5H3,(H,16,19). The van der Waals surface area contributed by atoms with Crippen LogP contribution in [-0.4, -0.2) is 41.4 Å². The van der Waals surface area contributed by atoms with Crippen LogP contribution >= 0.6 is 0 Å². The van der Waals surface area contributed by atoms with Gasteiger partial charge in [0.1, 0.15) is 0 Å². The maximum Gasteiger partial charge on any atom is 0.227 e. The van der Waals surface area contributed by atoms with Crippen LogP contribution in [-0.2, 0) is 9.59 Å². The van der Waals surface area contributed by atoms with E-state index in [1.54, 1.807) is 0 Å². The summed E-state index contributed by atoms with van der Waals surface area (Å²) in [6, 6.07) is -0.0591. The number of hydrogen-bond acceptors (Lipinski definition) is 3. The Kier molecular flexibility index (Phi) is 4.61. The highest BCUT2D eigenvalue weighted by molar-refractivity contribution is 5.83. The van der Waals surface area contributed by atoms with Gasteiger partial charge in [0.15, 0.2) is 0 Å². The molecule has 0 saturated carbocycles. The molecule has 1 aliphatic rings. The SMILES string of the molecule is CC(CN1CCCC1=O)NC(=O)C(C)(C)C(C)(C)N. The first kappa shape index (κ1) is 16.0. The summed E-state index contributed by atoms with van der Waals surface area (Å²) in [5.41, 5.74) is 4.80. The predicted octanol–water partition coefficient (Wildman–Crippen LogP) is 0.877. The van der Waals surface area contributed by atoms with Gasteiger partial charge in [0.25, 0.3) is 0 Å². The summed E-state index contributed by atoms with van der Waals surface area (Å²) in [7, 11) is 0. The fourth-order valence-electron chi connectivity index (χ4n) is 1.97. The smallest absolute Gasteiger partial charge is 0.227 e. The van der Waals surface area contributed by atoms with Gasteiger partial charge in [-0.1, -0.05) is 0 Å². The van der Waals surface area contributed by atoms with E-state index in [1.807, 2.05) is 39.5 Å². The summed E-state index contributed by atoms with van der Waals surface area (Å²) in [5, 5.41) is 2.96. The zero-order valence-corrected chi connectivity index (χ0v) is 12.7. The van der Waals surface area contributed by atoms with E-state index in [0.717, 1.165) is 13.0 Å². The van der Waals surface area contributed by atoms with Crippen molar-refractivity contribution in [3.63, 3.8) is 0 Å². The van der Waals surface area contributed by atoms with Gasteiger partial charge in [-0.15, -0.1) is 0 Å². The van der Waals surface area contributed by atoms with E-state index in [9.17, 15) is 9.59 Å². The lowest BCUT2D eigenvalue weighted by Crippen LogP contribution is -2.57. The normalized spacial score (nSPS) is 18.6. The second kappa shape index (κ2) is 5.49. The van der Waals surface area contributed by atoms with Gasteiger partial charge in [0, 0.05) is 31.1 Å². The van der Waals surface area contributed by atoms with Gasteiger partial charge < -0.3 is 16.0 Å². The molecule has 19 heavy (non-hydrogen) atoms. The topological polar surface area (TPSA) is 75.4 Å². The monoisotopic (exact) mass is 269 g/mol. The second-order valence-electron chi connectivity index (χ2n) is 6.66. The lowest BCUT2D eigenvalue weighted by Gasteiger charge is -2.38. The van der Waals surface area contributed by atoms with Gasteiger partial charge in [-0.25, -0.2) is 0 Å². The van der Waals surface area contributed by atoms with Crippen LogP contribution in [0, 0.1) is 5.41 Å². The molecule has 0 aromatic rings. The van der Waals surface area contributed by atoms with Gasteiger partial charge in [-0.2, -0.15) is 0 Å². The summed E-state index contributed by atoms with van der Waals surface area (Å²) >= 11 is 0. The Morgan fingerprint density at radius 1 is 1.42 bits per heavy atom. The Morgan fingerprint density at radius 2 is 2.00 bits per heavy atom. The maximum atomic E-state index is 12.3. The molecule has 5 nitrogen and oxygen atoms in total. The van der Waals surface area contributed by atoms with E-state index in [2.05, 4.69) is 5.32 Å². The summed E-state index contributed by atoms with van der Waals surface area (Å²) in [6.45, 7) is 10.7. The molecule has 110 valence electrons. The molecule has 1 saturated heterocycles. The molecule has 1 rings (SSSR count). The van der Waals surface area contributed by atoms with Crippen LogP contribution in [0.1, 0.15) is 47.5 Å². The lowest BCUT2D eigenvalue weighted by molar-refractivity contribution is -0.134. The molecule has 1 fully saturated rings. The first-order chi connectivity index (χ1) is 8.55. The molecule has 0 aromatic heterocycles. The zero-order valence-electron chi connectivity index (χ0n) is 12.7. The summed E-state index contributed by atoms with van der Waals surface area (Å²) in [4.78, 5) is 25.6. The van der Waals surface area contributed by atoms with E-state index in [4.69, 9.17) is 5.73 Å². The highest BCUT2D eigenvalue weighted by atomic mass is 16.2. The van der Waals surface area contributed by atoms with Gasteiger partial charge in [-0.05, 0) is 41.0 Å². The first-order valence-corrected chi connectivity index (χ1v) is 6.93.